The molecule has 0 bridgehead atoms. The fourth-order valence-corrected chi connectivity index (χ4v) is 2.34. The molecule has 1 aromatic carbocycles. The summed E-state index contributed by atoms with van der Waals surface area (Å²) in [6, 6.07) is 4.74. The zero-order chi connectivity index (χ0) is 15.6. The second-order valence-corrected chi connectivity index (χ2v) is 4.97. The van der Waals surface area contributed by atoms with E-state index in [1.54, 1.807) is 23.9 Å². The van der Waals surface area contributed by atoms with Gasteiger partial charge < -0.3 is 16.2 Å². The topological polar surface area (TPSA) is 96.2 Å². The molecule has 4 N–H and O–H groups in total. The van der Waals surface area contributed by atoms with Crippen LogP contribution in [0.5, 0.6) is 5.75 Å². The van der Waals surface area contributed by atoms with E-state index in [1.165, 1.54) is 6.07 Å². The minimum Gasteiger partial charge on any atom is -0.486 e. The molecule has 6 nitrogen and oxygen atoms in total. The van der Waals surface area contributed by atoms with E-state index >= 15 is 0 Å². The van der Waals surface area contributed by atoms with Crippen molar-refractivity contribution >= 4 is 23.2 Å². The lowest BCUT2D eigenvalue weighted by atomic mass is 10.1. The number of aromatic nitrogens is 2. The van der Waals surface area contributed by atoms with Gasteiger partial charge in [-0.25, -0.2) is 0 Å². The Kier molecular flexibility index (Phi) is 4.37. The molecule has 0 aliphatic carbocycles. The number of primary amides is 1. The van der Waals surface area contributed by atoms with Gasteiger partial charge in [-0.3, -0.25) is 9.48 Å². The molecule has 1 amide bonds. The number of carbonyl (C=O) groups is 1. The Hall–Kier alpha value is -2.21. The van der Waals surface area contributed by atoms with Gasteiger partial charge in [0.25, 0.3) is 5.91 Å². The summed E-state index contributed by atoms with van der Waals surface area (Å²) in [4.78, 5) is 11.4. The second kappa shape index (κ2) is 6.05. The zero-order valence-electron chi connectivity index (χ0n) is 11.9. The van der Waals surface area contributed by atoms with Gasteiger partial charge in [-0.05, 0) is 24.6 Å². The summed E-state index contributed by atoms with van der Waals surface area (Å²) in [5, 5.41) is 4.89. The van der Waals surface area contributed by atoms with Crippen LogP contribution in [-0.4, -0.2) is 15.7 Å². The first kappa shape index (κ1) is 15.2. The van der Waals surface area contributed by atoms with Gasteiger partial charge in [0.2, 0.25) is 0 Å². The van der Waals surface area contributed by atoms with Crippen molar-refractivity contribution in [3.05, 3.63) is 40.2 Å². The van der Waals surface area contributed by atoms with Gasteiger partial charge in [0.05, 0.1) is 22.0 Å². The maximum absolute atomic E-state index is 11.4. The van der Waals surface area contributed by atoms with Crippen LogP contribution in [-0.2, 0) is 20.1 Å². The second-order valence-electron chi connectivity index (χ2n) is 4.59. The molecule has 1 aromatic heterocycles. The van der Waals surface area contributed by atoms with E-state index < -0.39 is 5.91 Å². The van der Waals surface area contributed by atoms with Crippen LogP contribution in [0.25, 0.3) is 0 Å². The highest BCUT2D eigenvalue weighted by Gasteiger charge is 2.15. The lowest BCUT2D eigenvalue weighted by Crippen LogP contribution is -2.14. The number of rotatable bonds is 5. The number of carbonyl (C=O) groups excluding carboxylic acids is 1. The third kappa shape index (κ3) is 3.11. The van der Waals surface area contributed by atoms with E-state index in [-0.39, 0.29) is 12.2 Å². The first-order valence-electron chi connectivity index (χ1n) is 6.46. The van der Waals surface area contributed by atoms with Crippen molar-refractivity contribution in [3.63, 3.8) is 0 Å². The van der Waals surface area contributed by atoms with Crippen LogP contribution in [0.4, 0.5) is 5.69 Å². The smallest absolute Gasteiger partial charge is 0.252 e. The quantitative estimate of drug-likeness (QED) is 0.824. The number of ether oxygens (including phenoxy) is 1. The molecule has 2 aromatic rings. The number of nitrogen functional groups attached to an aromatic ring is 1. The lowest BCUT2D eigenvalue weighted by molar-refractivity contribution is 0.0996. The number of benzene rings is 1. The summed E-state index contributed by atoms with van der Waals surface area (Å²) in [6.07, 6.45) is 0.737. The lowest BCUT2D eigenvalue weighted by Gasteiger charge is -2.10. The van der Waals surface area contributed by atoms with Crippen molar-refractivity contribution in [1.82, 2.24) is 9.78 Å². The Morgan fingerprint density at radius 3 is 2.76 bits per heavy atom. The van der Waals surface area contributed by atoms with Crippen LogP contribution in [0, 0.1) is 0 Å². The number of hydrogen-bond acceptors (Lipinski definition) is 4. The SMILES string of the molecule is CCc1nn(C)c(COc2ccc(N)cc2C(N)=O)c1Cl. The first-order valence-corrected chi connectivity index (χ1v) is 6.84. The van der Waals surface area contributed by atoms with Gasteiger partial charge in [0.15, 0.2) is 0 Å². The molecule has 0 aliphatic heterocycles. The fourth-order valence-electron chi connectivity index (χ4n) is 1.99. The van der Waals surface area contributed by atoms with Crippen LogP contribution in [0.2, 0.25) is 5.02 Å². The number of anilines is 1. The van der Waals surface area contributed by atoms with E-state index in [0.29, 0.717) is 16.5 Å². The van der Waals surface area contributed by atoms with Crippen LogP contribution in [0.1, 0.15) is 28.7 Å². The molecule has 1 heterocycles. The number of nitrogens with zero attached hydrogens (tertiary/aromatic N) is 2. The summed E-state index contributed by atoms with van der Waals surface area (Å²) in [5.41, 5.74) is 13.2. The highest BCUT2D eigenvalue weighted by Crippen LogP contribution is 2.25. The summed E-state index contributed by atoms with van der Waals surface area (Å²) in [7, 11) is 1.79. The summed E-state index contributed by atoms with van der Waals surface area (Å²) in [5.74, 6) is -0.227. The molecule has 0 unspecified atom stereocenters. The van der Waals surface area contributed by atoms with Crippen LogP contribution < -0.4 is 16.2 Å². The average Bonchev–Trinajstić information content (AvgIpc) is 2.72. The van der Waals surface area contributed by atoms with Crippen molar-refractivity contribution in [2.24, 2.45) is 12.8 Å². The normalized spacial score (nSPS) is 10.6. The van der Waals surface area contributed by atoms with E-state index in [2.05, 4.69) is 5.10 Å². The highest BCUT2D eigenvalue weighted by molar-refractivity contribution is 6.31. The molecule has 7 heteroatoms. The standard InChI is InChI=1S/C14H17ClN4O2/c1-3-10-13(15)11(19(2)18-10)7-21-12-5-4-8(16)6-9(12)14(17)20/h4-6H,3,7,16H2,1-2H3,(H2,17,20). The third-order valence-electron chi connectivity index (χ3n) is 3.14. The van der Waals surface area contributed by atoms with Crippen molar-refractivity contribution in [3.8, 4) is 5.75 Å². The predicted molar refractivity (Wildman–Crippen MR) is 81.3 cm³/mol. The predicted octanol–water partition coefficient (Wildman–Crippen LogP) is 1.90. The number of halogens is 1. The fraction of sp³-hybridized carbons (Fsp3) is 0.286. The molecule has 0 saturated carbocycles. The third-order valence-corrected chi connectivity index (χ3v) is 3.57. The molecule has 0 aliphatic rings. The summed E-state index contributed by atoms with van der Waals surface area (Å²) in [6.45, 7) is 2.16. The maximum Gasteiger partial charge on any atom is 0.252 e. The first-order chi connectivity index (χ1) is 9.93. The molecule has 0 atom stereocenters. The zero-order valence-corrected chi connectivity index (χ0v) is 12.6. The van der Waals surface area contributed by atoms with Gasteiger partial charge in [-0.2, -0.15) is 5.10 Å². The molecule has 0 fully saturated rings. The van der Waals surface area contributed by atoms with E-state index in [0.717, 1.165) is 17.8 Å². The average molecular weight is 309 g/mol. The maximum atomic E-state index is 11.4. The van der Waals surface area contributed by atoms with Gasteiger partial charge in [-0.15, -0.1) is 0 Å². The Balaban J connectivity index is 2.25. The minimum atomic E-state index is -0.595. The molecule has 0 radical (unpaired) electrons. The van der Waals surface area contributed by atoms with Crippen LogP contribution >= 0.6 is 11.6 Å². The monoisotopic (exact) mass is 308 g/mol. The number of amides is 1. The van der Waals surface area contributed by atoms with E-state index in [1.807, 2.05) is 6.92 Å². The molecule has 21 heavy (non-hydrogen) atoms. The Morgan fingerprint density at radius 1 is 1.48 bits per heavy atom. The van der Waals surface area contributed by atoms with Gasteiger partial charge in [-0.1, -0.05) is 18.5 Å². The van der Waals surface area contributed by atoms with Crippen LogP contribution in [0.15, 0.2) is 18.2 Å². The number of aryl methyl sites for hydroxylation is 2. The molecule has 0 saturated heterocycles. The molecule has 2 rings (SSSR count). The van der Waals surface area contributed by atoms with Gasteiger partial charge in [0.1, 0.15) is 12.4 Å². The number of nitrogens with two attached hydrogens (primary N) is 2. The Morgan fingerprint density at radius 2 is 2.19 bits per heavy atom. The minimum absolute atomic E-state index is 0.187. The molecular formula is C14H17ClN4O2. The number of hydrogen-bond donors (Lipinski definition) is 2. The van der Waals surface area contributed by atoms with E-state index in [9.17, 15) is 4.79 Å². The molecular weight excluding hydrogens is 292 g/mol. The Bertz CT molecular complexity index is 682. The van der Waals surface area contributed by atoms with Crippen molar-refractivity contribution < 1.29 is 9.53 Å². The molecule has 0 spiro atoms. The van der Waals surface area contributed by atoms with Gasteiger partial charge >= 0.3 is 0 Å². The van der Waals surface area contributed by atoms with Crippen molar-refractivity contribution in [2.45, 2.75) is 20.0 Å². The van der Waals surface area contributed by atoms with Gasteiger partial charge in [0, 0.05) is 12.7 Å². The summed E-state index contributed by atoms with van der Waals surface area (Å²) >= 11 is 6.25. The van der Waals surface area contributed by atoms with Crippen LogP contribution in [0.3, 0.4) is 0 Å². The Labute approximate surface area is 127 Å². The van der Waals surface area contributed by atoms with E-state index in [4.69, 9.17) is 27.8 Å². The highest BCUT2D eigenvalue weighted by atomic mass is 35.5. The van der Waals surface area contributed by atoms with Crippen molar-refractivity contribution in [2.75, 3.05) is 5.73 Å². The summed E-state index contributed by atoms with van der Waals surface area (Å²) < 4.78 is 7.33. The molecule has 112 valence electrons. The largest absolute Gasteiger partial charge is 0.486 e. The van der Waals surface area contributed by atoms with Crippen molar-refractivity contribution in [1.29, 1.82) is 0 Å².